The Balaban J connectivity index is 1.34. The van der Waals surface area contributed by atoms with Crippen LogP contribution in [0.4, 0.5) is 20.2 Å². The van der Waals surface area contributed by atoms with Crippen molar-refractivity contribution < 1.29 is 23.0 Å². The van der Waals surface area contributed by atoms with Crippen LogP contribution in [-0.4, -0.2) is 51.6 Å². The van der Waals surface area contributed by atoms with Crippen molar-refractivity contribution in [3.63, 3.8) is 0 Å². The molecule has 1 saturated heterocycles. The van der Waals surface area contributed by atoms with Crippen molar-refractivity contribution in [1.29, 1.82) is 5.26 Å². The predicted octanol–water partition coefficient (Wildman–Crippen LogP) is 3.63. The smallest absolute Gasteiger partial charge is 0.395 e. The number of hydrogen-bond acceptors (Lipinski definition) is 8. The highest BCUT2D eigenvalue weighted by molar-refractivity contribution is 5.94. The van der Waals surface area contributed by atoms with Gasteiger partial charge in [0.2, 0.25) is 5.91 Å². The molecule has 0 spiro atoms. The summed E-state index contributed by atoms with van der Waals surface area (Å²) in [5, 5.41) is 14.3. The molecular formula is C27H23F2N7O4. The predicted molar refractivity (Wildman–Crippen MR) is 140 cm³/mol. The Morgan fingerprint density at radius 1 is 1.18 bits per heavy atom. The number of likely N-dealkylation sites (N-methyl/N-ethyl adjacent to an activating group) is 1. The lowest BCUT2D eigenvalue weighted by atomic mass is 10.0. The number of aromatic amines is 1. The van der Waals surface area contributed by atoms with Crippen LogP contribution in [0.1, 0.15) is 25.3 Å². The zero-order chi connectivity index (χ0) is 28.0. The van der Waals surface area contributed by atoms with Crippen LogP contribution in [0.3, 0.4) is 0 Å². The van der Waals surface area contributed by atoms with Gasteiger partial charge >= 0.3 is 6.29 Å². The largest absolute Gasteiger partial charge is 0.586 e. The van der Waals surface area contributed by atoms with Crippen molar-refractivity contribution in [3.8, 4) is 28.8 Å². The molecule has 0 radical (unpaired) electrons. The second-order valence-corrected chi connectivity index (χ2v) is 9.41. The summed E-state index contributed by atoms with van der Waals surface area (Å²) in [4.78, 5) is 37.2. The maximum atomic E-state index is 13.5. The molecule has 0 saturated carbocycles. The number of benzene rings is 2. The van der Waals surface area contributed by atoms with E-state index in [2.05, 4.69) is 35.5 Å². The fraction of sp³-hybridized carbons (Fsp3) is 0.296. The zero-order valence-corrected chi connectivity index (χ0v) is 21.4. The first-order chi connectivity index (χ1) is 19.3. The molecule has 0 unspecified atom stereocenters. The monoisotopic (exact) mass is 547 g/mol. The van der Waals surface area contributed by atoms with E-state index in [1.165, 1.54) is 29.4 Å². The molecule has 1 fully saturated rings. The molecule has 1 amide bonds. The lowest BCUT2D eigenvalue weighted by Crippen LogP contribution is -2.37. The Morgan fingerprint density at radius 2 is 1.95 bits per heavy atom. The van der Waals surface area contributed by atoms with E-state index >= 15 is 0 Å². The van der Waals surface area contributed by atoms with Gasteiger partial charge in [0, 0.05) is 37.0 Å². The molecule has 13 heteroatoms. The Kier molecular flexibility index (Phi) is 6.10. The quantitative estimate of drug-likeness (QED) is 0.388. The molecule has 0 atom stereocenters. The summed E-state index contributed by atoms with van der Waals surface area (Å²) in [5.41, 5.74) is 2.43. The zero-order valence-electron chi connectivity index (χ0n) is 21.4. The fourth-order valence-electron chi connectivity index (χ4n) is 5.11. The number of fused-ring (bicyclic) bond motifs is 2. The highest BCUT2D eigenvalue weighted by Crippen LogP contribution is 2.43. The number of nitrogens with zero attached hydrogens (tertiary/aromatic N) is 6. The number of anilines is 2. The van der Waals surface area contributed by atoms with E-state index in [1.807, 2.05) is 12.1 Å². The summed E-state index contributed by atoms with van der Waals surface area (Å²) in [7, 11) is 0. The molecule has 4 aromatic rings. The van der Waals surface area contributed by atoms with Crippen LogP contribution in [-0.2, 0) is 11.3 Å². The van der Waals surface area contributed by atoms with Gasteiger partial charge < -0.3 is 24.3 Å². The number of ether oxygens (including phenoxy) is 2. The number of carbonyl (C=O) groups excluding carboxylic acids is 1. The van der Waals surface area contributed by atoms with Gasteiger partial charge in [-0.25, -0.2) is 9.67 Å². The van der Waals surface area contributed by atoms with E-state index < -0.39 is 24.3 Å². The Bertz CT molecular complexity index is 1740. The number of nitriles is 1. The third-order valence-electron chi connectivity index (χ3n) is 6.97. The summed E-state index contributed by atoms with van der Waals surface area (Å²) < 4.78 is 36.9. The average Bonchev–Trinajstić information content (AvgIpc) is 3.69. The highest BCUT2D eigenvalue weighted by Gasteiger charge is 2.43. The number of halogens is 2. The van der Waals surface area contributed by atoms with Gasteiger partial charge in [-0.2, -0.15) is 10.4 Å². The Hall–Kier alpha value is -4.99. The van der Waals surface area contributed by atoms with Crippen LogP contribution >= 0.6 is 0 Å². The Morgan fingerprint density at radius 3 is 2.70 bits per heavy atom. The molecule has 2 aliphatic heterocycles. The van der Waals surface area contributed by atoms with E-state index in [0.29, 0.717) is 28.0 Å². The SMILES string of the molecule is CCN(C(=O)Cn1nc(-c2ccc(N3CCCC3)c(C#N)c2)c2nc[nH]c2c1=O)c1ccc2c(c1)OC(F)(F)O2. The Labute approximate surface area is 226 Å². The summed E-state index contributed by atoms with van der Waals surface area (Å²) in [6, 6.07) is 11.7. The number of aromatic nitrogens is 4. The van der Waals surface area contributed by atoms with Gasteiger partial charge in [-0.1, -0.05) is 6.07 Å². The van der Waals surface area contributed by atoms with E-state index in [4.69, 9.17) is 0 Å². The van der Waals surface area contributed by atoms with E-state index in [1.54, 1.807) is 13.0 Å². The average molecular weight is 548 g/mol. The minimum Gasteiger partial charge on any atom is -0.395 e. The van der Waals surface area contributed by atoms with Crippen LogP contribution in [0.15, 0.2) is 47.5 Å². The van der Waals surface area contributed by atoms with Gasteiger partial charge in [-0.15, -0.1) is 8.78 Å². The van der Waals surface area contributed by atoms with Crippen molar-refractivity contribution in [2.75, 3.05) is 29.4 Å². The van der Waals surface area contributed by atoms with Gasteiger partial charge in [0.05, 0.1) is 17.6 Å². The third-order valence-corrected chi connectivity index (χ3v) is 6.97. The van der Waals surface area contributed by atoms with E-state index in [9.17, 15) is 23.6 Å². The first kappa shape index (κ1) is 25.3. The molecule has 40 heavy (non-hydrogen) atoms. The summed E-state index contributed by atoms with van der Waals surface area (Å²) in [6.45, 7) is 3.22. The summed E-state index contributed by atoms with van der Waals surface area (Å²) >= 11 is 0. The molecule has 2 aromatic heterocycles. The first-order valence-electron chi connectivity index (χ1n) is 12.7. The van der Waals surface area contributed by atoms with Crippen molar-refractivity contribution in [3.05, 3.63) is 58.6 Å². The maximum absolute atomic E-state index is 13.5. The van der Waals surface area contributed by atoms with Crippen molar-refractivity contribution >= 4 is 28.3 Å². The van der Waals surface area contributed by atoms with Gasteiger partial charge in [-0.3, -0.25) is 9.59 Å². The lowest BCUT2D eigenvalue weighted by Gasteiger charge is -2.22. The number of rotatable bonds is 6. The number of alkyl halides is 2. The molecule has 0 bridgehead atoms. The first-order valence-corrected chi connectivity index (χ1v) is 12.7. The normalized spacial score (nSPS) is 15.4. The molecule has 4 heterocycles. The molecule has 11 nitrogen and oxygen atoms in total. The molecule has 0 aliphatic carbocycles. The summed E-state index contributed by atoms with van der Waals surface area (Å²) in [6.07, 6.45) is -0.287. The van der Waals surface area contributed by atoms with Crippen LogP contribution < -0.4 is 24.8 Å². The molecule has 1 N–H and O–H groups in total. The number of H-pyrrole nitrogens is 1. The number of nitrogens with one attached hydrogen (secondary N) is 1. The molecule has 6 rings (SSSR count). The minimum absolute atomic E-state index is 0.142. The topological polar surface area (TPSA) is 129 Å². The van der Waals surface area contributed by atoms with Crippen LogP contribution in [0.2, 0.25) is 0 Å². The number of carbonyl (C=O) groups is 1. The van der Waals surface area contributed by atoms with Crippen molar-refractivity contribution in [2.45, 2.75) is 32.6 Å². The van der Waals surface area contributed by atoms with Crippen LogP contribution in [0, 0.1) is 11.3 Å². The highest BCUT2D eigenvalue weighted by atomic mass is 19.3. The fourth-order valence-corrected chi connectivity index (χ4v) is 5.11. The van der Waals surface area contributed by atoms with Gasteiger partial charge in [0.15, 0.2) is 11.5 Å². The van der Waals surface area contributed by atoms with Crippen LogP contribution in [0.5, 0.6) is 11.5 Å². The van der Waals surface area contributed by atoms with Crippen LogP contribution in [0.25, 0.3) is 22.3 Å². The second kappa shape index (κ2) is 9.64. The van der Waals surface area contributed by atoms with Gasteiger partial charge in [0.1, 0.15) is 29.3 Å². The number of imidazole rings is 1. The second-order valence-electron chi connectivity index (χ2n) is 9.41. The van der Waals surface area contributed by atoms with Gasteiger partial charge in [-0.05, 0) is 44.0 Å². The summed E-state index contributed by atoms with van der Waals surface area (Å²) in [5.74, 6) is -0.845. The van der Waals surface area contributed by atoms with E-state index in [0.717, 1.165) is 36.3 Å². The van der Waals surface area contributed by atoms with Crippen molar-refractivity contribution in [1.82, 2.24) is 19.7 Å². The molecule has 204 valence electrons. The molecular weight excluding hydrogens is 524 g/mol. The molecule has 2 aliphatic rings. The van der Waals surface area contributed by atoms with Gasteiger partial charge in [0.25, 0.3) is 5.56 Å². The molecule has 2 aromatic carbocycles. The minimum atomic E-state index is -3.78. The maximum Gasteiger partial charge on any atom is 0.586 e. The number of hydrogen-bond donors (Lipinski definition) is 1. The third kappa shape index (κ3) is 4.37. The van der Waals surface area contributed by atoms with Crippen molar-refractivity contribution in [2.24, 2.45) is 0 Å². The van der Waals surface area contributed by atoms with E-state index in [-0.39, 0.29) is 23.6 Å². The lowest BCUT2D eigenvalue weighted by molar-refractivity contribution is -0.286. The standard InChI is InChI=1S/C27H23F2N7O4/c1-2-35(18-6-8-20-21(12-18)40-27(28,29)39-20)22(37)14-36-26(38)25-24(31-15-32-25)23(33-36)16-5-7-19(17(11-16)13-30)34-9-3-4-10-34/h5-8,11-12,15H,2-4,9-10,14H2,1H3,(H,31,32). The number of amides is 1.